The molecular weight excluding hydrogens is 344 g/mol. The first-order valence-corrected chi connectivity index (χ1v) is 7.21. The lowest BCUT2D eigenvalue weighted by atomic mass is 10.0. The molecule has 0 bridgehead atoms. The smallest absolute Gasteiger partial charge is 0.347 e. The maximum Gasteiger partial charge on any atom is 0.347 e. The number of benzene rings is 2. The molecule has 0 spiro atoms. The number of aromatic carboxylic acids is 2. The van der Waals surface area contributed by atoms with Gasteiger partial charge in [0, 0.05) is 0 Å². The third kappa shape index (κ3) is 2.91. The zero-order chi connectivity index (χ0) is 18.8. The van der Waals surface area contributed by atoms with Crippen molar-refractivity contribution >= 4 is 34.6 Å². The molecule has 1 aliphatic rings. The van der Waals surface area contributed by atoms with Gasteiger partial charge >= 0.3 is 23.9 Å². The van der Waals surface area contributed by atoms with Gasteiger partial charge in [0.05, 0.1) is 11.1 Å². The predicted molar refractivity (Wildman–Crippen MR) is 86.3 cm³/mol. The summed E-state index contributed by atoms with van der Waals surface area (Å²) in [6.07, 6.45) is 1.76. The van der Waals surface area contributed by atoms with Crippen LogP contribution in [-0.2, 0) is 4.74 Å². The van der Waals surface area contributed by atoms with Crippen LogP contribution in [0.5, 0.6) is 0 Å². The van der Waals surface area contributed by atoms with Crippen molar-refractivity contribution in [1.29, 1.82) is 0 Å². The average Bonchev–Trinajstić information content (AvgIpc) is 3.21. The highest BCUT2D eigenvalue weighted by atomic mass is 16.6. The second kappa shape index (κ2) is 6.52. The zero-order valence-corrected chi connectivity index (χ0v) is 13.0. The fourth-order valence-electron chi connectivity index (χ4n) is 2.48. The van der Waals surface area contributed by atoms with E-state index in [-0.39, 0.29) is 11.1 Å². The number of cyclic esters (lactones) is 2. The first kappa shape index (κ1) is 16.9. The molecule has 2 aromatic carbocycles. The molecule has 0 fully saturated rings. The number of carboxylic acid groups (broad SMARTS) is 2. The first-order valence-electron chi connectivity index (χ1n) is 7.21. The predicted octanol–water partition coefficient (Wildman–Crippen LogP) is 2.83. The topological polar surface area (TPSA) is 131 Å². The van der Waals surface area contributed by atoms with Crippen LogP contribution in [-0.4, -0.2) is 34.1 Å². The molecular formula is C18H10O8. The second-order valence-corrected chi connectivity index (χ2v) is 5.20. The summed E-state index contributed by atoms with van der Waals surface area (Å²) in [4.78, 5) is 43.3. The van der Waals surface area contributed by atoms with Crippen LogP contribution < -0.4 is 0 Å². The fraction of sp³-hybridized carbons (Fsp3) is 0. The molecule has 1 aliphatic heterocycles. The van der Waals surface area contributed by atoms with Crippen molar-refractivity contribution in [2.75, 3.05) is 0 Å². The van der Waals surface area contributed by atoms with Gasteiger partial charge in [0.25, 0.3) is 0 Å². The Labute approximate surface area is 145 Å². The van der Waals surface area contributed by atoms with E-state index in [2.05, 4.69) is 9.15 Å². The van der Waals surface area contributed by atoms with Gasteiger partial charge < -0.3 is 19.4 Å². The molecule has 0 saturated carbocycles. The summed E-state index contributed by atoms with van der Waals surface area (Å²) >= 11 is 0. The van der Waals surface area contributed by atoms with Crippen molar-refractivity contribution in [2.45, 2.75) is 0 Å². The zero-order valence-electron chi connectivity index (χ0n) is 13.0. The first-order chi connectivity index (χ1) is 12.4. The molecule has 1 aromatic heterocycles. The van der Waals surface area contributed by atoms with Crippen LogP contribution in [0.4, 0.5) is 0 Å². The van der Waals surface area contributed by atoms with E-state index in [1.54, 1.807) is 6.07 Å². The molecule has 8 heteroatoms. The minimum absolute atomic E-state index is 0.336. The summed E-state index contributed by atoms with van der Waals surface area (Å²) in [5.41, 5.74) is 0.0757. The third-order valence-electron chi connectivity index (χ3n) is 3.66. The fourth-order valence-corrected chi connectivity index (χ4v) is 2.48. The van der Waals surface area contributed by atoms with Crippen LogP contribution in [0.3, 0.4) is 0 Å². The van der Waals surface area contributed by atoms with E-state index < -0.39 is 23.9 Å². The molecule has 4 rings (SSSR count). The van der Waals surface area contributed by atoms with Crippen molar-refractivity contribution in [1.82, 2.24) is 0 Å². The standard InChI is InChI=1S/C12H6O3.C6H4O5/c13-11-9-6-5-7-3-1-2-4-8(7)10(9)12(14)15-11;7-5(8)3-1-11-2-4(3)6(9)10/h1-6H;1-2H,(H,7,8)(H,9,10). The number of hydrogen-bond acceptors (Lipinski definition) is 6. The second-order valence-electron chi connectivity index (χ2n) is 5.20. The van der Waals surface area contributed by atoms with Crippen LogP contribution >= 0.6 is 0 Å². The number of esters is 2. The van der Waals surface area contributed by atoms with E-state index in [0.717, 1.165) is 23.3 Å². The Balaban J connectivity index is 0.000000160. The highest BCUT2D eigenvalue weighted by Crippen LogP contribution is 2.28. The lowest BCUT2D eigenvalue weighted by Gasteiger charge is -1.99. The SMILES string of the molecule is O=C(O)c1cocc1C(=O)O.O=C1OC(=O)c2c1ccc1ccccc21. The maximum absolute atomic E-state index is 11.4. The highest BCUT2D eigenvalue weighted by molar-refractivity contribution is 6.21. The molecule has 26 heavy (non-hydrogen) atoms. The Bertz CT molecular complexity index is 1030. The largest absolute Gasteiger partial charge is 0.478 e. The van der Waals surface area contributed by atoms with Crippen LogP contribution in [0.1, 0.15) is 41.4 Å². The number of fused-ring (bicyclic) bond motifs is 3. The van der Waals surface area contributed by atoms with Gasteiger partial charge in [-0.1, -0.05) is 30.3 Å². The number of rotatable bonds is 2. The van der Waals surface area contributed by atoms with Gasteiger partial charge in [0.2, 0.25) is 0 Å². The number of ether oxygens (including phenoxy) is 1. The molecule has 3 aromatic rings. The Morgan fingerprint density at radius 2 is 1.42 bits per heavy atom. The number of furan rings is 1. The van der Waals surface area contributed by atoms with E-state index in [0.29, 0.717) is 11.1 Å². The minimum Gasteiger partial charge on any atom is -0.478 e. The number of hydrogen-bond donors (Lipinski definition) is 2. The number of carboxylic acids is 2. The Kier molecular flexibility index (Phi) is 4.24. The lowest BCUT2D eigenvalue weighted by Crippen LogP contribution is -2.03. The summed E-state index contributed by atoms with van der Waals surface area (Å²) in [7, 11) is 0. The van der Waals surface area contributed by atoms with Gasteiger partial charge in [-0.2, -0.15) is 0 Å². The Morgan fingerprint density at radius 1 is 0.808 bits per heavy atom. The summed E-state index contributed by atoms with van der Waals surface area (Å²) in [5.74, 6) is -3.72. The van der Waals surface area contributed by atoms with Crippen molar-refractivity contribution < 1.29 is 38.5 Å². The summed E-state index contributed by atoms with van der Waals surface area (Å²) < 4.78 is 8.97. The van der Waals surface area contributed by atoms with Gasteiger partial charge in [-0.25, -0.2) is 19.2 Å². The third-order valence-corrected chi connectivity index (χ3v) is 3.66. The molecule has 0 aliphatic carbocycles. The van der Waals surface area contributed by atoms with Gasteiger partial charge in [0.15, 0.2) is 0 Å². The van der Waals surface area contributed by atoms with Gasteiger partial charge in [0.1, 0.15) is 23.7 Å². The van der Waals surface area contributed by atoms with E-state index in [1.807, 2.05) is 30.3 Å². The van der Waals surface area contributed by atoms with E-state index >= 15 is 0 Å². The quantitative estimate of drug-likeness (QED) is 0.530. The van der Waals surface area contributed by atoms with Crippen LogP contribution in [0.25, 0.3) is 10.8 Å². The summed E-state index contributed by atoms with van der Waals surface area (Å²) in [6.45, 7) is 0. The van der Waals surface area contributed by atoms with Crippen molar-refractivity contribution in [3.05, 3.63) is 71.2 Å². The van der Waals surface area contributed by atoms with E-state index in [1.165, 1.54) is 0 Å². The monoisotopic (exact) mass is 354 g/mol. The van der Waals surface area contributed by atoms with Gasteiger partial charge in [-0.15, -0.1) is 0 Å². The lowest BCUT2D eigenvalue weighted by molar-refractivity contribution is 0.0443. The molecule has 130 valence electrons. The Morgan fingerprint density at radius 3 is 2.04 bits per heavy atom. The molecule has 8 nitrogen and oxygen atoms in total. The molecule has 0 unspecified atom stereocenters. The average molecular weight is 354 g/mol. The van der Waals surface area contributed by atoms with Crippen LogP contribution in [0.2, 0.25) is 0 Å². The van der Waals surface area contributed by atoms with Crippen LogP contribution in [0.15, 0.2) is 53.3 Å². The van der Waals surface area contributed by atoms with Crippen molar-refractivity contribution in [3.63, 3.8) is 0 Å². The highest BCUT2D eigenvalue weighted by Gasteiger charge is 2.31. The van der Waals surface area contributed by atoms with Crippen LogP contribution in [0, 0.1) is 0 Å². The molecule has 0 atom stereocenters. The van der Waals surface area contributed by atoms with Crippen molar-refractivity contribution in [3.8, 4) is 0 Å². The summed E-state index contributed by atoms with van der Waals surface area (Å²) in [6, 6.07) is 10.9. The van der Waals surface area contributed by atoms with Gasteiger partial charge in [-0.3, -0.25) is 0 Å². The Hall–Kier alpha value is -3.94. The summed E-state index contributed by atoms with van der Waals surface area (Å²) in [5, 5.41) is 18.5. The minimum atomic E-state index is -1.31. The molecule has 0 saturated heterocycles. The van der Waals surface area contributed by atoms with Crippen molar-refractivity contribution in [2.24, 2.45) is 0 Å². The molecule has 0 amide bonds. The normalized spacial score (nSPS) is 12.2. The molecule has 2 N–H and O–H groups in total. The van der Waals surface area contributed by atoms with E-state index in [9.17, 15) is 19.2 Å². The van der Waals surface area contributed by atoms with Gasteiger partial charge in [-0.05, 0) is 16.8 Å². The van der Waals surface area contributed by atoms with E-state index in [4.69, 9.17) is 10.2 Å². The number of carbonyl (C=O) groups is 4. The maximum atomic E-state index is 11.4. The number of carbonyl (C=O) groups excluding carboxylic acids is 2. The molecule has 2 heterocycles. The molecule has 0 radical (unpaired) electrons.